The van der Waals surface area contributed by atoms with E-state index in [9.17, 15) is 9.59 Å². The van der Waals surface area contributed by atoms with Gasteiger partial charge in [-0.2, -0.15) is 5.48 Å². The molecule has 0 bridgehead atoms. The van der Waals surface area contributed by atoms with Crippen molar-refractivity contribution in [3.05, 3.63) is 35.9 Å². The highest BCUT2D eigenvalue weighted by Gasteiger charge is 2.17. The fourth-order valence-electron chi connectivity index (χ4n) is 1.25. The van der Waals surface area contributed by atoms with Crippen LogP contribution >= 0.6 is 0 Å². The smallest absolute Gasteiger partial charge is 0.259 e. The van der Waals surface area contributed by atoms with E-state index in [-0.39, 0.29) is 0 Å². The van der Waals surface area contributed by atoms with Gasteiger partial charge in [-0.15, -0.1) is 0 Å². The van der Waals surface area contributed by atoms with E-state index in [1.165, 1.54) is 6.92 Å². The highest BCUT2D eigenvalue weighted by atomic mass is 16.5. The number of carbonyl (C=O) groups is 2. The van der Waals surface area contributed by atoms with Crippen molar-refractivity contribution >= 4 is 11.8 Å². The summed E-state index contributed by atoms with van der Waals surface area (Å²) in [6.45, 7) is 1.59. The minimum Gasteiger partial charge on any atom is -0.349 e. The Kier molecular flexibility index (Phi) is 5.12. The topological polar surface area (TPSA) is 90.5 Å². The first kappa shape index (κ1) is 13.1. The van der Waals surface area contributed by atoms with Crippen molar-refractivity contribution in [2.24, 2.45) is 0 Å². The van der Waals surface area contributed by atoms with Crippen molar-refractivity contribution in [1.82, 2.24) is 16.1 Å². The molecule has 0 aliphatic carbocycles. The van der Waals surface area contributed by atoms with Crippen molar-refractivity contribution in [2.75, 3.05) is 0 Å². The second kappa shape index (κ2) is 6.62. The number of rotatable bonds is 5. The molecular weight excluding hydrogens is 222 g/mol. The van der Waals surface area contributed by atoms with Gasteiger partial charge in [-0.25, -0.2) is 0 Å². The maximum Gasteiger partial charge on any atom is 0.259 e. The van der Waals surface area contributed by atoms with Gasteiger partial charge in [0, 0.05) is 13.5 Å². The van der Waals surface area contributed by atoms with Crippen LogP contribution in [0.15, 0.2) is 30.3 Å². The van der Waals surface area contributed by atoms with Crippen LogP contribution in [-0.4, -0.2) is 23.2 Å². The van der Waals surface area contributed by atoms with Gasteiger partial charge < -0.3 is 15.8 Å². The number of benzene rings is 1. The first-order valence-corrected chi connectivity index (χ1v) is 5.12. The van der Waals surface area contributed by atoms with Gasteiger partial charge in [-0.05, 0) is 5.56 Å². The summed E-state index contributed by atoms with van der Waals surface area (Å²) in [5.41, 5.74) is 2.66. The molecule has 1 rings (SSSR count). The third kappa shape index (κ3) is 4.62. The summed E-state index contributed by atoms with van der Waals surface area (Å²) in [6, 6.07) is 9.31. The van der Waals surface area contributed by atoms with Crippen molar-refractivity contribution in [1.29, 1.82) is 0 Å². The minimum atomic E-state index is -1.14. The quantitative estimate of drug-likeness (QED) is 0.419. The Bertz CT molecular complexity index is 381. The Labute approximate surface area is 99.0 Å². The molecule has 0 saturated heterocycles. The molecule has 17 heavy (non-hydrogen) atoms. The summed E-state index contributed by atoms with van der Waals surface area (Å²) >= 11 is 0. The van der Waals surface area contributed by atoms with Crippen LogP contribution in [0.2, 0.25) is 0 Å². The highest BCUT2D eigenvalue weighted by Crippen LogP contribution is 1.97. The lowest BCUT2D eigenvalue weighted by molar-refractivity contribution is -0.132. The number of amides is 2. The van der Waals surface area contributed by atoms with E-state index in [0.717, 1.165) is 5.56 Å². The number of hydrogen-bond donors (Lipinski definition) is 4. The van der Waals surface area contributed by atoms with Gasteiger partial charge in [0.05, 0.1) is 0 Å². The molecule has 0 radical (unpaired) electrons. The van der Waals surface area contributed by atoms with Crippen LogP contribution in [-0.2, 0) is 16.1 Å². The monoisotopic (exact) mass is 237 g/mol. The maximum absolute atomic E-state index is 11.5. The maximum atomic E-state index is 11.5. The zero-order valence-electron chi connectivity index (χ0n) is 9.43. The summed E-state index contributed by atoms with van der Waals surface area (Å²) < 4.78 is 0. The van der Waals surface area contributed by atoms with E-state index >= 15 is 0 Å². The van der Waals surface area contributed by atoms with Crippen molar-refractivity contribution in [3.8, 4) is 0 Å². The lowest BCUT2D eigenvalue weighted by Gasteiger charge is -2.15. The molecule has 6 heteroatoms. The summed E-state index contributed by atoms with van der Waals surface area (Å²) in [5, 5.41) is 13.5. The lowest BCUT2D eigenvalue weighted by atomic mass is 10.2. The molecule has 0 fully saturated rings. The molecule has 0 spiro atoms. The average Bonchev–Trinajstić information content (AvgIpc) is 2.34. The summed E-state index contributed by atoms with van der Waals surface area (Å²) in [5.74, 6) is -0.919. The van der Waals surface area contributed by atoms with E-state index in [1.807, 2.05) is 30.3 Å². The Morgan fingerprint density at radius 2 is 1.94 bits per heavy atom. The van der Waals surface area contributed by atoms with Crippen molar-refractivity contribution in [2.45, 2.75) is 19.6 Å². The molecule has 6 nitrogen and oxygen atoms in total. The second-order valence-electron chi connectivity index (χ2n) is 3.47. The van der Waals surface area contributed by atoms with Crippen LogP contribution in [0.4, 0.5) is 0 Å². The van der Waals surface area contributed by atoms with Crippen molar-refractivity contribution in [3.63, 3.8) is 0 Å². The Morgan fingerprint density at radius 3 is 2.47 bits per heavy atom. The van der Waals surface area contributed by atoms with Gasteiger partial charge in [-0.1, -0.05) is 30.3 Å². The van der Waals surface area contributed by atoms with E-state index in [1.54, 1.807) is 5.48 Å². The predicted molar refractivity (Wildman–Crippen MR) is 60.8 cm³/mol. The first-order chi connectivity index (χ1) is 8.13. The third-order valence-corrected chi connectivity index (χ3v) is 2.05. The molecule has 1 aromatic carbocycles. The van der Waals surface area contributed by atoms with Crippen LogP contribution in [0, 0.1) is 0 Å². The second-order valence-corrected chi connectivity index (χ2v) is 3.47. The third-order valence-electron chi connectivity index (χ3n) is 2.05. The van der Waals surface area contributed by atoms with Crippen LogP contribution in [0.25, 0.3) is 0 Å². The number of carbonyl (C=O) groups excluding carboxylic acids is 2. The molecule has 4 N–H and O–H groups in total. The van der Waals surface area contributed by atoms with Crippen LogP contribution in [0.5, 0.6) is 0 Å². The van der Waals surface area contributed by atoms with Crippen LogP contribution in [0.1, 0.15) is 12.5 Å². The molecule has 0 heterocycles. The highest BCUT2D eigenvalue weighted by molar-refractivity contribution is 5.86. The molecule has 0 aliphatic rings. The number of nitrogens with one attached hydrogen (secondary N) is 3. The van der Waals surface area contributed by atoms with Gasteiger partial charge in [0.1, 0.15) is 0 Å². The largest absolute Gasteiger partial charge is 0.349 e. The molecule has 0 unspecified atom stereocenters. The van der Waals surface area contributed by atoms with Crippen molar-refractivity contribution < 1.29 is 14.8 Å². The predicted octanol–water partition coefficient (Wildman–Crippen LogP) is -0.256. The molecule has 0 aliphatic heterocycles. The van der Waals surface area contributed by atoms with Crippen LogP contribution < -0.4 is 16.1 Å². The van der Waals surface area contributed by atoms with Crippen LogP contribution in [0.3, 0.4) is 0 Å². The average molecular weight is 237 g/mol. The zero-order chi connectivity index (χ0) is 12.7. The van der Waals surface area contributed by atoms with Gasteiger partial charge in [0.2, 0.25) is 5.91 Å². The fraction of sp³-hybridized carbons (Fsp3) is 0.273. The van der Waals surface area contributed by atoms with Gasteiger partial charge in [0.25, 0.3) is 5.91 Å². The molecular formula is C11H15N3O3. The lowest BCUT2D eigenvalue weighted by Crippen LogP contribution is -2.53. The van der Waals surface area contributed by atoms with Gasteiger partial charge in [-0.3, -0.25) is 9.59 Å². The van der Waals surface area contributed by atoms with Gasteiger partial charge in [0.15, 0.2) is 6.17 Å². The standard InChI is InChI=1S/C11H15N3O3/c1-8(15)13-10(14-17)11(16)12-7-9-5-3-2-4-6-9/h2-6,10,14,17H,7H2,1H3,(H,12,16)(H,13,15)/t10-/m0/s1. The number of hydroxylamine groups is 1. The minimum absolute atomic E-state index is 0.331. The Hall–Kier alpha value is -1.92. The fourth-order valence-corrected chi connectivity index (χ4v) is 1.25. The zero-order valence-corrected chi connectivity index (χ0v) is 9.43. The molecule has 92 valence electrons. The summed E-state index contributed by atoms with van der Waals surface area (Å²) in [4.78, 5) is 22.3. The molecule has 0 aromatic heterocycles. The normalized spacial score (nSPS) is 11.6. The summed E-state index contributed by atoms with van der Waals surface area (Å²) in [6.07, 6.45) is -1.14. The summed E-state index contributed by atoms with van der Waals surface area (Å²) in [7, 11) is 0. The number of hydrogen-bond acceptors (Lipinski definition) is 4. The van der Waals surface area contributed by atoms with E-state index in [2.05, 4.69) is 10.6 Å². The molecule has 0 saturated carbocycles. The van der Waals surface area contributed by atoms with E-state index in [0.29, 0.717) is 6.54 Å². The SMILES string of the molecule is CC(=O)N[C@@H](NO)C(=O)NCc1ccccc1. The van der Waals surface area contributed by atoms with Gasteiger partial charge >= 0.3 is 0 Å². The van der Waals surface area contributed by atoms with E-state index < -0.39 is 18.0 Å². The molecule has 1 atom stereocenters. The Balaban J connectivity index is 2.45. The molecule has 1 aromatic rings. The first-order valence-electron chi connectivity index (χ1n) is 5.12. The van der Waals surface area contributed by atoms with E-state index in [4.69, 9.17) is 5.21 Å². The Morgan fingerprint density at radius 1 is 1.29 bits per heavy atom. The molecule has 2 amide bonds.